The number of esters is 1. The van der Waals surface area contributed by atoms with Crippen molar-refractivity contribution in [2.45, 2.75) is 45.1 Å². The number of carbonyl (C=O) groups excluding carboxylic acids is 1. The van der Waals surface area contributed by atoms with Crippen LogP contribution in [0.1, 0.15) is 39.0 Å². The molecule has 0 amide bonds. The average molecular weight is 217 g/mol. The maximum atomic E-state index is 11.1. The first-order chi connectivity index (χ1) is 6.77. The smallest absolute Gasteiger partial charge is 0.335 e. The predicted octanol–water partition coefficient (Wildman–Crippen LogP) is 3.05. The molecule has 14 heavy (non-hydrogen) atoms. The molecule has 0 unspecified atom stereocenters. The fourth-order valence-corrected chi connectivity index (χ4v) is 1.75. The van der Waals surface area contributed by atoms with Gasteiger partial charge < -0.3 is 4.74 Å². The van der Waals surface area contributed by atoms with Crippen molar-refractivity contribution in [3.63, 3.8) is 0 Å². The third-order valence-electron chi connectivity index (χ3n) is 2.39. The van der Waals surface area contributed by atoms with Crippen LogP contribution in [0.15, 0.2) is 11.6 Å². The molecule has 1 rings (SSSR count). The van der Waals surface area contributed by atoms with Crippen molar-refractivity contribution >= 4 is 17.6 Å². The van der Waals surface area contributed by atoms with Gasteiger partial charge in [0.15, 0.2) is 0 Å². The van der Waals surface area contributed by atoms with Crippen LogP contribution < -0.4 is 0 Å². The number of alkyl halides is 1. The van der Waals surface area contributed by atoms with E-state index in [0.29, 0.717) is 5.57 Å². The number of carbonyl (C=O) groups is 1. The van der Waals surface area contributed by atoms with Crippen molar-refractivity contribution in [3.8, 4) is 0 Å². The molecule has 0 saturated heterocycles. The van der Waals surface area contributed by atoms with Gasteiger partial charge in [-0.2, -0.15) is 0 Å². The van der Waals surface area contributed by atoms with Crippen LogP contribution >= 0.6 is 11.6 Å². The Balaban J connectivity index is 2.21. The second kappa shape index (κ2) is 6.07. The Morgan fingerprint density at radius 1 is 1.43 bits per heavy atom. The van der Waals surface area contributed by atoms with Gasteiger partial charge in [-0.25, -0.2) is 4.79 Å². The van der Waals surface area contributed by atoms with E-state index in [0.717, 1.165) is 12.8 Å². The van der Waals surface area contributed by atoms with E-state index in [2.05, 4.69) is 6.92 Å². The molecule has 0 saturated carbocycles. The van der Waals surface area contributed by atoms with Crippen LogP contribution in [0, 0.1) is 0 Å². The van der Waals surface area contributed by atoms with Crippen LogP contribution in [0.5, 0.6) is 0 Å². The summed E-state index contributed by atoms with van der Waals surface area (Å²) >= 11 is 5.58. The van der Waals surface area contributed by atoms with Gasteiger partial charge in [0.2, 0.25) is 0 Å². The summed E-state index contributed by atoms with van der Waals surface area (Å²) in [5.41, 5.74) is 0.618. The molecule has 1 aliphatic heterocycles. The Labute approximate surface area is 90.3 Å². The second-order valence-electron chi connectivity index (χ2n) is 3.62. The molecule has 0 aromatic heterocycles. The van der Waals surface area contributed by atoms with E-state index in [1.807, 2.05) is 6.08 Å². The minimum atomic E-state index is -0.236. The first-order valence-electron chi connectivity index (χ1n) is 5.25. The van der Waals surface area contributed by atoms with Gasteiger partial charge >= 0.3 is 5.97 Å². The molecule has 0 aromatic rings. The highest BCUT2D eigenvalue weighted by molar-refractivity contribution is 6.22. The topological polar surface area (TPSA) is 26.3 Å². The number of hydrogen-bond donors (Lipinski definition) is 0. The van der Waals surface area contributed by atoms with Crippen LogP contribution in [0.25, 0.3) is 0 Å². The van der Waals surface area contributed by atoms with Gasteiger partial charge in [0.05, 0.1) is 11.5 Å². The summed E-state index contributed by atoms with van der Waals surface area (Å²) in [6.45, 7) is 2.18. The molecule has 0 N–H and O–H groups in total. The Morgan fingerprint density at radius 2 is 2.21 bits per heavy atom. The highest BCUT2D eigenvalue weighted by atomic mass is 35.5. The molecular formula is C11H17ClO2. The van der Waals surface area contributed by atoms with Crippen molar-refractivity contribution in [2.75, 3.05) is 5.88 Å². The van der Waals surface area contributed by atoms with E-state index >= 15 is 0 Å². The normalized spacial score (nSPS) is 20.9. The Kier molecular flexibility index (Phi) is 5.02. The van der Waals surface area contributed by atoms with Crippen molar-refractivity contribution in [2.24, 2.45) is 0 Å². The minimum Gasteiger partial charge on any atom is -0.455 e. The number of hydrogen-bond acceptors (Lipinski definition) is 2. The van der Waals surface area contributed by atoms with Gasteiger partial charge in [-0.3, -0.25) is 0 Å². The SMILES string of the molecule is CCCCCC[C@@H]1C=C(CCl)C(=O)O1. The molecule has 3 heteroatoms. The summed E-state index contributed by atoms with van der Waals surface area (Å²) in [6, 6.07) is 0. The second-order valence-corrected chi connectivity index (χ2v) is 3.89. The summed E-state index contributed by atoms with van der Waals surface area (Å²) in [5.74, 6) is 0.0325. The van der Waals surface area contributed by atoms with Crippen LogP contribution in [-0.2, 0) is 9.53 Å². The third kappa shape index (κ3) is 3.33. The van der Waals surface area contributed by atoms with E-state index < -0.39 is 0 Å². The zero-order valence-corrected chi connectivity index (χ0v) is 9.35. The minimum absolute atomic E-state index is 0.0203. The Morgan fingerprint density at radius 3 is 2.79 bits per heavy atom. The molecule has 1 aliphatic rings. The van der Waals surface area contributed by atoms with Crippen LogP contribution in [0.3, 0.4) is 0 Å². The molecule has 0 spiro atoms. The lowest BCUT2D eigenvalue weighted by molar-refractivity contribution is -0.139. The Hall–Kier alpha value is -0.500. The van der Waals surface area contributed by atoms with Crippen molar-refractivity contribution in [3.05, 3.63) is 11.6 Å². The Bertz CT molecular complexity index is 223. The third-order valence-corrected chi connectivity index (χ3v) is 2.68. The molecule has 1 heterocycles. The summed E-state index contributed by atoms with van der Waals surface area (Å²) < 4.78 is 5.13. The lowest BCUT2D eigenvalue weighted by atomic mass is 10.1. The highest BCUT2D eigenvalue weighted by Crippen LogP contribution is 2.19. The molecule has 2 nitrogen and oxygen atoms in total. The molecular weight excluding hydrogens is 200 g/mol. The van der Waals surface area contributed by atoms with Gasteiger partial charge in [0.1, 0.15) is 6.10 Å². The molecule has 80 valence electrons. The van der Waals surface area contributed by atoms with E-state index in [4.69, 9.17) is 16.3 Å². The van der Waals surface area contributed by atoms with Gasteiger partial charge in [-0.15, -0.1) is 11.6 Å². The van der Waals surface area contributed by atoms with Gasteiger partial charge in [0.25, 0.3) is 0 Å². The molecule has 0 bridgehead atoms. The molecule has 0 radical (unpaired) electrons. The summed E-state index contributed by atoms with van der Waals surface area (Å²) in [6.07, 6.45) is 7.60. The van der Waals surface area contributed by atoms with Crippen molar-refractivity contribution in [1.29, 1.82) is 0 Å². The summed E-state index contributed by atoms with van der Waals surface area (Å²) in [5, 5.41) is 0. The number of ether oxygens (including phenoxy) is 1. The standard InChI is InChI=1S/C11H17ClO2/c1-2-3-4-5-6-10-7-9(8-12)11(13)14-10/h7,10H,2-6,8H2,1H3/t10-/m1/s1. The predicted molar refractivity (Wildman–Crippen MR) is 57.4 cm³/mol. The van der Waals surface area contributed by atoms with Crippen molar-refractivity contribution in [1.82, 2.24) is 0 Å². The van der Waals surface area contributed by atoms with Crippen LogP contribution in [-0.4, -0.2) is 18.0 Å². The zero-order valence-electron chi connectivity index (χ0n) is 8.59. The summed E-state index contributed by atoms with van der Waals surface area (Å²) in [4.78, 5) is 11.1. The lowest BCUT2D eigenvalue weighted by Gasteiger charge is -2.06. The number of rotatable bonds is 6. The monoisotopic (exact) mass is 216 g/mol. The fourth-order valence-electron chi connectivity index (χ4n) is 1.55. The molecule has 1 atom stereocenters. The van der Waals surface area contributed by atoms with E-state index in [9.17, 15) is 4.79 Å². The maximum Gasteiger partial charge on any atom is 0.335 e. The highest BCUT2D eigenvalue weighted by Gasteiger charge is 2.23. The van der Waals surface area contributed by atoms with Crippen molar-refractivity contribution < 1.29 is 9.53 Å². The number of unbranched alkanes of at least 4 members (excludes halogenated alkanes) is 3. The first kappa shape index (κ1) is 11.6. The van der Waals surface area contributed by atoms with Gasteiger partial charge in [-0.05, 0) is 18.9 Å². The maximum absolute atomic E-state index is 11.1. The van der Waals surface area contributed by atoms with Gasteiger partial charge in [-0.1, -0.05) is 26.2 Å². The molecule has 0 aliphatic carbocycles. The number of halogens is 1. The quantitative estimate of drug-likeness (QED) is 0.388. The van der Waals surface area contributed by atoms with Crippen LogP contribution in [0.2, 0.25) is 0 Å². The number of cyclic esters (lactones) is 1. The average Bonchev–Trinajstić information content (AvgIpc) is 2.54. The van der Waals surface area contributed by atoms with E-state index in [1.165, 1.54) is 19.3 Å². The summed E-state index contributed by atoms with van der Waals surface area (Å²) in [7, 11) is 0. The fraction of sp³-hybridized carbons (Fsp3) is 0.727. The first-order valence-corrected chi connectivity index (χ1v) is 5.79. The lowest BCUT2D eigenvalue weighted by Crippen LogP contribution is -2.08. The van der Waals surface area contributed by atoms with E-state index in [-0.39, 0.29) is 18.0 Å². The van der Waals surface area contributed by atoms with Gasteiger partial charge in [0, 0.05) is 0 Å². The van der Waals surface area contributed by atoms with E-state index in [1.54, 1.807) is 0 Å². The zero-order chi connectivity index (χ0) is 10.4. The van der Waals surface area contributed by atoms with Crippen LogP contribution in [0.4, 0.5) is 0 Å². The molecule has 0 fully saturated rings. The molecule has 0 aromatic carbocycles. The largest absolute Gasteiger partial charge is 0.455 e.